The second kappa shape index (κ2) is 6.46. The molecular weight excluding hydrogens is 264 g/mol. The van der Waals surface area contributed by atoms with E-state index in [0.29, 0.717) is 12.2 Å². The first-order valence-corrected chi connectivity index (χ1v) is 6.77. The molecule has 0 saturated heterocycles. The summed E-state index contributed by atoms with van der Waals surface area (Å²) in [6.45, 7) is 3.76. The third-order valence-corrected chi connectivity index (χ3v) is 3.56. The fourth-order valence-corrected chi connectivity index (χ4v) is 2.45. The average molecular weight is 284 g/mol. The number of benzene rings is 2. The van der Waals surface area contributed by atoms with Gasteiger partial charge in [0.2, 0.25) is 0 Å². The lowest BCUT2D eigenvalue weighted by atomic mass is 9.83. The molecule has 0 aliphatic heterocycles. The predicted octanol–water partition coefficient (Wildman–Crippen LogP) is 3.52. The van der Waals surface area contributed by atoms with Gasteiger partial charge in [0.05, 0.1) is 14.2 Å². The predicted molar refractivity (Wildman–Crippen MR) is 83.8 cm³/mol. The molecule has 2 aromatic carbocycles. The minimum Gasteiger partial charge on any atom is -0.497 e. The summed E-state index contributed by atoms with van der Waals surface area (Å²) in [7, 11) is 3.21. The maximum atomic E-state index is 11.2. The Hall–Kier alpha value is -2.26. The van der Waals surface area contributed by atoms with Crippen LogP contribution in [0.2, 0.25) is 0 Å². The molecule has 1 N–H and O–H groups in total. The summed E-state index contributed by atoms with van der Waals surface area (Å²) in [6.07, 6.45) is 2.09. The zero-order valence-corrected chi connectivity index (χ0v) is 12.4. The lowest BCUT2D eigenvalue weighted by Crippen LogP contribution is -2.27. The number of hydrogen-bond donors (Lipinski definition) is 1. The number of hydrogen-bond acceptors (Lipinski definition) is 3. The van der Waals surface area contributed by atoms with Crippen molar-refractivity contribution in [1.29, 1.82) is 0 Å². The fraction of sp³-hybridized carbons (Fsp3) is 0.222. The molecule has 1 atom stereocenters. The summed E-state index contributed by atoms with van der Waals surface area (Å²) in [6, 6.07) is 14.8. The van der Waals surface area contributed by atoms with Crippen LogP contribution in [-0.2, 0) is 5.60 Å². The van der Waals surface area contributed by atoms with E-state index in [2.05, 4.69) is 6.58 Å². The number of aliphatic hydroxyl groups is 1. The van der Waals surface area contributed by atoms with E-state index in [0.717, 1.165) is 16.9 Å². The van der Waals surface area contributed by atoms with Crippen LogP contribution in [0.4, 0.5) is 0 Å². The summed E-state index contributed by atoms with van der Waals surface area (Å²) in [5.74, 6) is 1.40. The van der Waals surface area contributed by atoms with E-state index < -0.39 is 5.60 Å². The second-order valence-electron chi connectivity index (χ2n) is 4.78. The molecule has 110 valence electrons. The largest absolute Gasteiger partial charge is 0.497 e. The molecule has 3 heteroatoms. The van der Waals surface area contributed by atoms with Crippen LogP contribution in [0.3, 0.4) is 0 Å². The molecule has 0 saturated carbocycles. The van der Waals surface area contributed by atoms with Crippen LogP contribution in [0.15, 0.2) is 61.2 Å². The Balaban J connectivity index is 2.55. The van der Waals surface area contributed by atoms with E-state index in [-0.39, 0.29) is 0 Å². The van der Waals surface area contributed by atoms with Crippen molar-refractivity contribution in [3.63, 3.8) is 0 Å². The Kier molecular flexibility index (Phi) is 4.66. The number of ether oxygens (including phenoxy) is 2. The monoisotopic (exact) mass is 284 g/mol. The third-order valence-electron chi connectivity index (χ3n) is 3.56. The molecule has 0 radical (unpaired) electrons. The van der Waals surface area contributed by atoms with E-state index in [9.17, 15) is 5.11 Å². The Morgan fingerprint density at radius 2 is 1.71 bits per heavy atom. The highest BCUT2D eigenvalue weighted by Crippen LogP contribution is 2.38. The van der Waals surface area contributed by atoms with Gasteiger partial charge in [-0.1, -0.05) is 36.4 Å². The molecule has 2 aromatic rings. The van der Waals surface area contributed by atoms with Crippen molar-refractivity contribution in [1.82, 2.24) is 0 Å². The first-order chi connectivity index (χ1) is 10.2. The van der Waals surface area contributed by atoms with E-state index in [1.165, 1.54) is 0 Å². The summed E-state index contributed by atoms with van der Waals surface area (Å²) in [4.78, 5) is 0. The van der Waals surface area contributed by atoms with E-state index in [4.69, 9.17) is 9.47 Å². The molecule has 2 rings (SSSR count). The molecule has 0 fully saturated rings. The molecule has 0 heterocycles. The Labute approximate surface area is 125 Å². The summed E-state index contributed by atoms with van der Waals surface area (Å²) in [5.41, 5.74) is 0.311. The van der Waals surface area contributed by atoms with Gasteiger partial charge in [-0.15, -0.1) is 6.58 Å². The van der Waals surface area contributed by atoms with Crippen LogP contribution in [0.25, 0.3) is 0 Å². The summed E-state index contributed by atoms with van der Waals surface area (Å²) in [5, 5.41) is 11.2. The highest BCUT2D eigenvalue weighted by molar-refractivity contribution is 5.46. The van der Waals surface area contributed by atoms with Crippen molar-refractivity contribution in [3.8, 4) is 11.5 Å². The van der Waals surface area contributed by atoms with Crippen molar-refractivity contribution >= 4 is 0 Å². The maximum absolute atomic E-state index is 11.2. The summed E-state index contributed by atoms with van der Waals surface area (Å²) >= 11 is 0. The first-order valence-electron chi connectivity index (χ1n) is 6.77. The van der Waals surface area contributed by atoms with Gasteiger partial charge in [-0.2, -0.15) is 0 Å². The number of methoxy groups -OCH3 is 2. The van der Waals surface area contributed by atoms with Crippen LogP contribution >= 0.6 is 0 Å². The Morgan fingerprint density at radius 3 is 2.29 bits per heavy atom. The average Bonchev–Trinajstić information content (AvgIpc) is 2.55. The molecule has 0 amide bonds. The van der Waals surface area contributed by atoms with Gasteiger partial charge in [0.15, 0.2) is 0 Å². The van der Waals surface area contributed by atoms with Crippen molar-refractivity contribution in [2.45, 2.75) is 12.0 Å². The molecule has 21 heavy (non-hydrogen) atoms. The Bertz CT molecular complexity index is 604. The smallest absolute Gasteiger partial charge is 0.125 e. The first kappa shape index (κ1) is 15.1. The van der Waals surface area contributed by atoms with Gasteiger partial charge in [-0.3, -0.25) is 0 Å². The molecule has 0 aromatic heterocycles. The van der Waals surface area contributed by atoms with Gasteiger partial charge in [0.1, 0.15) is 17.1 Å². The lowest BCUT2D eigenvalue weighted by Gasteiger charge is -2.29. The summed E-state index contributed by atoms with van der Waals surface area (Å²) < 4.78 is 10.6. The number of rotatable bonds is 6. The Morgan fingerprint density at radius 1 is 1.05 bits per heavy atom. The van der Waals surface area contributed by atoms with Gasteiger partial charge in [0.25, 0.3) is 0 Å². The van der Waals surface area contributed by atoms with Crippen molar-refractivity contribution in [2.24, 2.45) is 0 Å². The lowest BCUT2D eigenvalue weighted by molar-refractivity contribution is 0.0812. The van der Waals surface area contributed by atoms with Crippen molar-refractivity contribution < 1.29 is 14.6 Å². The molecular formula is C18H20O3. The van der Waals surface area contributed by atoms with Crippen LogP contribution in [0.1, 0.15) is 17.5 Å². The standard InChI is InChI=1S/C18H20O3/c1-4-13-18(19,14-9-11-15(20-2)12-10-14)16-7-5-6-8-17(16)21-3/h4-12,19H,1,13H2,2-3H3. The SMILES string of the molecule is C=CCC(O)(c1ccc(OC)cc1)c1ccccc1OC. The topological polar surface area (TPSA) is 38.7 Å². The van der Waals surface area contributed by atoms with Crippen LogP contribution in [0, 0.1) is 0 Å². The fourth-order valence-electron chi connectivity index (χ4n) is 2.45. The molecule has 0 aliphatic rings. The molecule has 0 bridgehead atoms. The van der Waals surface area contributed by atoms with Gasteiger partial charge >= 0.3 is 0 Å². The van der Waals surface area contributed by atoms with Crippen LogP contribution < -0.4 is 9.47 Å². The minimum atomic E-state index is -1.18. The van der Waals surface area contributed by atoms with E-state index in [1.54, 1.807) is 20.3 Å². The molecule has 1 unspecified atom stereocenters. The quantitative estimate of drug-likeness (QED) is 0.825. The van der Waals surface area contributed by atoms with Gasteiger partial charge in [-0.25, -0.2) is 0 Å². The molecule has 0 spiro atoms. The number of para-hydroxylation sites is 1. The van der Waals surface area contributed by atoms with Crippen molar-refractivity contribution in [2.75, 3.05) is 14.2 Å². The van der Waals surface area contributed by atoms with Gasteiger partial charge < -0.3 is 14.6 Å². The molecule has 3 nitrogen and oxygen atoms in total. The highest BCUT2D eigenvalue weighted by atomic mass is 16.5. The normalized spacial score (nSPS) is 13.3. The van der Waals surface area contributed by atoms with Crippen LogP contribution in [0.5, 0.6) is 11.5 Å². The second-order valence-corrected chi connectivity index (χ2v) is 4.78. The van der Waals surface area contributed by atoms with Crippen molar-refractivity contribution in [3.05, 3.63) is 72.3 Å². The van der Waals surface area contributed by atoms with Gasteiger partial charge in [0, 0.05) is 12.0 Å². The highest BCUT2D eigenvalue weighted by Gasteiger charge is 2.33. The third kappa shape index (κ3) is 2.93. The van der Waals surface area contributed by atoms with E-state index >= 15 is 0 Å². The maximum Gasteiger partial charge on any atom is 0.125 e. The van der Waals surface area contributed by atoms with E-state index in [1.807, 2.05) is 48.5 Å². The molecule has 0 aliphatic carbocycles. The zero-order valence-electron chi connectivity index (χ0n) is 12.4. The van der Waals surface area contributed by atoms with Crippen LogP contribution in [-0.4, -0.2) is 19.3 Å². The zero-order chi connectivity index (χ0) is 15.3. The minimum absolute atomic E-state index is 0.389. The van der Waals surface area contributed by atoms with Gasteiger partial charge in [-0.05, 0) is 23.8 Å².